The highest BCUT2D eigenvalue weighted by Gasteiger charge is 2.39. The third-order valence-corrected chi connectivity index (χ3v) is 5.60. The second-order valence-electron chi connectivity index (χ2n) is 7.35. The molecule has 0 unspecified atom stereocenters. The third kappa shape index (κ3) is 3.74. The lowest BCUT2D eigenvalue weighted by Crippen LogP contribution is -2.49. The number of hydrogen-bond acceptors (Lipinski definition) is 3. The van der Waals surface area contributed by atoms with E-state index >= 15 is 0 Å². The first kappa shape index (κ1) is 19.2. The molecule has 0 amide bonds. The van der Waals surface area contributed by atoms with Gasteiger partial charge in [-0.2, -0.15) is 0 Å². The van der Waals surface area contributed by atoms with Crippen molar-refractivity contribution in [1.29, 1.82) is 0 Å². The highest BCUT2D eigenvalue weighted by Crippen LogP contribution is 2.38. The smallest absolute Gasteiger partial charge is 0.333 e. The summed E-state index contributed by atoms with van der Waals surface area (Å²) in [6.07, 6.45) is 3.44. The molecule has 0 aliphatic heterocycles. The lowest BCUT2D eigenvalue weighted by Gasteiger charge is -2.39. The molecular formula is C26H25NO2. The third-order valence-electron chi connectivity index (χ3n) is 5.60. The molecule has 3 aromatic carbocycles. The molecule has 1 N–H and O–H groups in total. The molecule has 1 aliphatic rings. The molecule has 0 heterocycles. The second kappa shape index (κ2) is 8.46. The van der Waals surface area contributed by atoms with Crippen molar-refractivity contribution in [3.05, 3.63) is 119 Å². The maximum Gasteiger partial charge on any atom is 0.333 e. The molecule has 0 aromatic heterocycles. The molecule has 0 spiro atoms. The van der Waals surface area contributed by atoms with Crippen molar-refractivity contribution in [2.75, 3.05) is 7.11 Å². The van der Waals surface area contributed by atoms with E-state index in [1.807, 2.05) is 24.3 Å². The van der Waals surface area contributed by atoms with Gasteiger partial charge in [-0.25, -0.2) is 4.79 Å². The summed E-state index contributed by atoms with van der Waals surface area (Å²) in [7, 11) is 1.44. The quantitative estimate of drug-likeness (QED) is 0.489. The van der Waals surface area contributed by atoms with Crippen LogP contribution in [0.4, 0.5) is 0 Å². The number of hydrogen-bond donors (Lipinski definition) is 1. The van der Waals surface area contributed by atoms with Gasteiger partial charge in [-0.15, -0.1) is 0 Å². The first-order valence-electron chi connectivity index (χ1n) is 9.95. The van der Waals surface area contributed by atoms with Crippen LogP contribution in [-0.4, -0.2) is 19.1 Å². The largest absolute Gasteiger partial charge is 0.466 e. The number of benzene rings is 3. The fourth-order valence-corrected chi connectivity index (χ4v) is 4.25. The predicted octanol–water partition coefficient (Wildman–Crippen LogP) is 4.83. The molecule has 1 atom stereocenters. The molecule has 1 aliphatic carbocycles. The van der Waals surface area contributed by atoms with Gasteiger partial charge in [-0.1, -0.05) is 97.1 Å². The molecule has 0 fully saturated rings. The number of carbonyl (C=O) groups is 1. The van der Waals surface area contributed by atoms with Gasteiger partial charge in [0.25, 0.3) is 0 Å². The van der Waals surface area contributed by atoms with Crippen LogP contribution >= 0.6 is 0 Å². The van der Waals surface area contributed by atoms with Gasteiger partial charge in [-0.3, -0.25) is 5.32 Å². The Labute approximate surface area is 172 Å². The summed E-state index contributed by atoms with van der Waals surface area (Å²) in [6, 6.07) is 31.7. The second-order valence-corrected chi connectivity index (χ2v) is 7.35. The summed E-state index contributed by atoms with van der Waals surface area (Å²) >= 11 is 0. The number of carbonyl (C=O) groups excluding carboxylic acids is 1. The number of nitrogens with one attached hydrogen (secondary N) is 1. The van der Waals surface area contributed by atoms with E-state index in [4.69, 9.17) is 4.74 Å². The van der Waals surface area contributed by atoms with E-state index in [9.17, 15) is 4.79 Å². The van der Waals surface area contributed by atoms with Crippen LogP contribution < -0.4 is 5.32 Å². The minimum Gasteiger partial charge on any atom is -0.466 e. The lowest BCUT2D eigenvalue weighted by molar-refractivity contribution is -0.136. The molecule has 4 rings (SSSR count). The van der Waals surface area contributed by atoms with E-state index in [1.165, 1.54) is 23.8 Å². The molecular weight excluding hydrogens is 358 g/mol. The fraction of sp³-hybridized carbons (Fsp3) is 0.192. The maximum absolute atomic E-state index is 12.0. The van der Waals surface area contributed by atoms with E-state index in [-0.39, 0.29) is 12.0 Å². The van der Waals surface area contributed by atoms with Gasteiger partial charge in [-0.05, 0) is 29.5 Å². The van der Waals surface area contributed by atoms with Crippen LogP contribution in [-0.2, 0) is 15.1 Å². The molecule has 0 saturated carbocycles. The van der Waals surface area contributed by atoms with Crippen LogP contribution in [0, 0.1) is 0 Å². The van der Waals surface area contributed by atoms with E-state index in [0.717, 1.165) is 12.0 Å². The highest BCUT2D eigenvalue weighted by atomic mass is 16.5. The van der Waals surface area contributed by atoms with E-state index < -0.39 is 5.54 Å². The minimum absolute atomic E-state index is 0.129. The summed E-state index contributed by atoms with van der Waals surface area (Å²) in [4.78, 5) is 12.0. The minimum atomic E-state index is -0.520. The number of ether oxygens (including phenoxy) is 1. The van der Waals surface area contributed by atoms with Crippen molar-refractivity contribution in [3.8, 4) is 0 Å². The van der Waals surface area contributed by atoms with Crippen LogP contribution in [0.2, 0.25) is 0 Å². The number of rotatable bonds is 6. The summed E-state index contributed by atoms with van der Waals surface area (Å²) in [6.45, 7) is 0. The van der Waals surface area contributed by atoms with Gasteiger partial charge in [0.15, 0.2) is 0 Å². The average molecular weight is 383 g/mol. The highest BCUT2D eigenvalue weighted by molar-refractivity contribution is 5.89. The molecule has 0 bridgehead atoms. The van der Waals surface area contributed by atoms with E-state index in [0.29, 0.717) is 6.42 Å². The number of esters is 1. The summed E-state index contributed by atoms with van der Waals surface area (Å²) in [5, 5.41) is 3.93. The SMILES string of the molecule is COC(=O)C1=CC[C@@H](NC(c2ccccc2)(c2ccccc2)c2ccccc2)C1. The molecule has 146 valence electrons. The van der Waals surface area contributed by atoms with Crippen molar-refractivity contribution in [3.63, 3.8) is 0 Å². The normalized spacial score (nSPS) is 16.3. The van der Waals surface area contributed by atoms with Crippen molar-refractivity contribution in [2.24, 2.45) is 0 Å². The average Bonchev–Trinajstić information content (AvgIpc) is 3.27. The van der Waals surface area contributed by atoms with Crippen molar-refractivity contribution in [1.82, 2.24) is 5.32 Å². The van der Waals surface area contributed by atoms with Gasteiger partial charge in [0.1, 0.15) is 0 Å². The van der Waals surface area contributed by atoms with Crippen molar-refractivity contribution >= 4 is 5.97 Å². The van der Waals surface area contributed by atoms with Gasteiger partial charge < -0.3 is 4.74 Å². The van der Waals surface area contributed by atoms with Crippen molar-refractivity contribution in [2.45, 2.75) is 24.4 Å². The Balaban J connectivity index is 1.82. The van der Waals surface area contributed by atoms with Crippen LogP contribution in [0.5, 0.6) is 0 Å². The zero-order valence-electron chi connectivity index (χ0n) is 16.5. The fourth-order valence-electron chi connectivity index (χ4n) is 4.25. The van der Waals surface area contributed by atoms with Crippen LogP contribution in [0.25, 0.3) is 0 Å². The lowest BCUT2D eigenvalue weighted by atomic mass is 9.76. The molecule has 3 nitrogen and oxygen atoms in total. The predicted molar refractivity (Wildman–Crippen MR) is 115 cm³/mol. The summed E-state index contributed by atoms with van der Waals surface area (Å²) < 4.78 is 4.93. The Morgan fingerprint density at radius 2 is 1.28 bits per heavy atom. The first-order chi connectivity index (χ1) is 14.2. The monoisotopic (exact) mass is 383 g/mol. The molecule has 29 heavy (non-hydrogen) atoms. The molecule has 0 radical (unpaired) electrons. The summed E-state index contributed by atoms with van der Waals surface area (Å²) in [5.41, 5.74) is 3.73. The molecule has 3 aromatic rings. The number of methoxy groups -OCH3 is 1. The van der Waals surface area contributed by atoms with Crippen LogP contribution in [0.1, 0.15) is 29.5 Å². The Hall–Kier alpha value is -3.17. The molecule has 0 saturated heterocycles. The Morgan fingerprint density at radius 1 is 0.828 bits per heavy atom. The zero-order chi connectivity index (χ0) is 20.1. The van der Waals surface area contributed by atoms with E-state index in [1.54, 1.807) is 0 Å². The Kier molecular flexibility index (Phi) is 5.59. The zero-order valence-corrected chi connectivity index (χ0v) is 16.5. The van der Waals surface area contributed by atoms with E-state index in [2.05, 4.69) is 78.1 Å². The Morgan fingerprint density at radius 3 is 1.69 bits per heavy atom. The first-order valence-corrected chi connectivity index (χ1v) is 9.95. The van der Waals surface area contributed by atoms with Crippen LogP contribution in [0.3, 0.4) is 0 Å². The Bertz CT molecular complexity index is 884. The van der Waals surface area contributed by atoms with Crippen LogP contribution in [0.15, 0.2) is 103 Å². The van der Waals surface area contributed by atoms with Gasteiger partial charge in [0.2, 0.25) is 0 Å². The van der Waals surface area contributed by atoms with Gasteiger partial charge >= 0.3 is 5.97 Å². The van der Waals surface area contributed by atoms with Gasteiger partial charge in [0.05, 0.1) is 12.6 Å². The summed E-state index contributed by atoms with van der Waals surface area (Å²) in [5.74, 6) is -0.237. The van der Waals surface area contributed by atoms with Crippen molar-refractivity contribution < 1.29 is 9.53 Å². The topological polar surface area (TPSA) is 38.3 Å². The standard InChI is InChI=1S/C26H25NO2/c1-29-25(28)20-17-18-24(19-20)27-26(21-11-5-2-6-12-21,22-13-7-3-8-14-22)23-15-9-4-10-16-23/h2-17,24,27H,18-19H2,1H3/t24-/m1/s1. The van der Waals surface area contributed by atoms with Gasteiger partial charge in [0, 0.05) is 11.6 Å². The maximum atomic E-state index is 12.0. The molecule has 3 heteroatoms.